The van der Waals surface area contributed by atoms with E-state index in [1.165, 1.54) is 23.5 Å². The highest BCUT2D eigenvalue weighted by Crippen LogP contribution is 2.41. The lowest BCUT2D eigenvalue weighted by molar-refractivity contribution is -0.137. The number of esters is 1. The first-order chi connectivity index (χ1) is 8.53. The molecule has 1 aliphatic rings. The molecule has 0 saturated heterocycles. The number of carbonyl (C=O) groups excluding carboxylic acids is 1. The maximum atomic E-state index is 12.2. The Bertz CT molecular complexity index is 453. The Morgan fingerprint density at radius 3 is 2.39 bits per heavy atom. The van der Waals surface area contributed by atoms with Gasteiger partial charge in [-0.05, 0) is 24.2 Å². The molecule has 18 heavy (non-hydrogen) atoms. The molecule has 0 saturated carbocycles. The third kappa shape index (κ3) is 4.07. The molecule has 7 heteroatoms. The van der Waals surface area contributed by atoms with E-state index in [9.17, 15) is 13.2 Å². The van der Waals surface area contributed by atoms with E-state index < -0.39 is 15.8 Å². The molecule has 0 aromatic rings. The zero-order valence-electron chi connectivity index (χ0n) is 10.3. The van der Waals surface area contributed by atoms with Crippen molar-refractivity contribution in [1.82, 2.24) is 0 Å². The Hall–Kier alpha value is -0.400. The number of hydrogen-bond acceptors (Lipinski definition) is 6. The average molecular weight is 308 g/mol. The van der Waals surface area contributed by atoms with Crippen LogP contribution in [0.2, 0.25) is 0 Å². The molecule has 1 heterocycles. The van der Waals surface area contributed by atoms with Crippen molar-refractivity contribution in [1.29, 1.82) is 0 Å². The zero-order valence-corrected chi connectivity index (χ0v) is 12.8. The SMILES string of the molecule is CCCCS(=O)(=O)C(C(=O)OCC)=C1SC=CS1. The van der Waals surface area contributed by atoms with Crippen molar-refractivity contribution in [3.8, 4) is 0 Å². The second-order valence-electron chi connectivity index (χ2n) is 3.52. The van der Waals surface area contributed by atoms with Gasteiger partial charge in [0.1, 0.15) is 0 Å². The molecule has 1 aliphatic heterocycles. The van der Waals surface area contributed by atoms with Crippen LogP contribution in [0.3, 0.4) is 0 Å². The molecule has 0 aliphatic carbocycles. The van der Waals surface area contributed by atoms with Gasteiger partial charge >= 0.3 is 5.97 Å². The Kier molecular flexibility index (Phi) is 6.31. The maximum absolute atomic E-state index is 12.2. The molecule has 0 N–H and O–H groups in total. The van der Waals surface area contributed by atoms with Crippen LogP contribution in [0.4, 0.5) is 0 Å². The van der Waals surface area contributed by atoms with Crippen LogP contribution in [0, 0.1) is 0 Å². The number of hydrogen-bond donors (Lipinski definition) is 0. The summed E-state index contributed by atoms with van der Waals surface area (Å²) in [6.07, 6.45) is 1.31. The standard InChI is InChI=1S/C11H16O4S3/c1-3-5-8-18(13,14)9(10(12)15-4-2)11-16-6-7-17-11/h6-7H,3-5,8H2,1-2H3. The molecule has 0 amide bonds. The van der Waals surface area contributed by atoms with Gasteiger partial charge in [0.05, 0.1) is 16.6 Å². The summed E-state index contributed by atoms with van der Waals surface area (Å²) >= 11 is 2.49. The van der Waals surface area contributed by atoms with Crippen LogP contribution in [0.5, 0.6) is 0 Å². The number of thioether (sulfide) groups is 2. The lowest BCUT2D eigenvalue weighted by Gasteiger charge is -2.10. The first kappa shape index (κ1) is 15.7. The van der Waals surface area contributed by atoms with Gasteiger partial charge in [0.2, 0.25) is 0 Å². The van der Waals surface area contributed by atoms with Gasteiger partial charge in [-0.25, -0.2) is 13.2 Å². The number of ether oxygens (including phenoxy) is 1. The Morgan fingerprint density at radius 1 is 1.28 bits per heavy atom. The van der Waals surface area contributed by atoms with Crippen LogP contribution in [-0.2, 0) is 19.4 Å². The fourth-order valence-electron chi connectivity index (χ4n) is 1.28. The molecule has 0 spiro atoms. The van der Waals surface area contributed by atoms with Crippen molar-refractivity contribution < 1.29 is 17.9 Å². The average Bonchev–Trinajstić information content (AvgIpc) is 2.80. The smallest absolute Gasteiger partial charge is 0.351 e. The third-order valence-electron chi connectivity index (χ3n) is 2.13. The second kappa shape index (κ2) is 7.25. The number of carbonyl (C=O) groups is 1. The maximum Gasteiger partial charge on any atom is 0.351 e. The van der Waals surface area contributed by atoms with Crippen molar-refractivity contribution in [2.75, 3.05) is 12.4 Å². The summed E-state index contributed by atoms with van der Waals surface area (Å²) in [7, 11) is -3.57. The minimum absolute atomic E-state index is 0.0116. The molecular weight excluding hydrogens is 292 g/mol. The molecule has 0 bridgehead atoms. The van der Waals surface area contributed by atoms with Gasteiger partial charge in [-0.2, -0.15) is 0 Å². The van der Waals surface area contributed by atoms with Crippen LogP contribution < -0.4 is 0 Å². The summed E-state index contributed by atoms with van der Waals surface area (Å²) in [5, 5.41) is 3.52. The van der Waals surface area contributed by atoms with Gasteiger partial charge in [0.25, 0.3) is 0 Å². The normalized spacial score (nSPS) is 14.9. The zero-order chi connectivity index (χ0) is 13.6. The second-order valence-corrected chi connectivity index (χ2v) is 7.65. The highest BCUT2D eigenvalue weighted by molar-refractivity contribution is 8.28. The monoisotopic (exact) mass is 308 g/mol. The summed E-state index contributed by atoms with van der Waals surface area (Å²) in [5.41, 5.74) is 0. The molecule has 0 radical (unpaired) electrons. The summed E-state index contributed by atoms with van der Waals surface area (Å²) < 4.78 is 29.7. The Balaban J connectivity index is 3.06. The third-order valence-corrected chi connectivity index (χ3v) is 6.34. The van der Waals surface area contributed by atoms with Crippen molar-refractivity contribution in [2.24, 2.45) is 0 Å². The fourth-order valence-corrected chi connectivity index (χ4v) is 5.40. The molecule has 0 unspecified atom stereocenters. The van der Waals surface area contributed by atoms with E-state index in [4.69, 9.17) is 4.74 Å². The first-order valence-electron chi connectivity index (χ1n) is 5.65. The van der Waals surface area contributed by atoms with Gasteiger partial charge in [-0.1, -0.05) is 36.9 Å². The first-order valence-corrected chi connectivity index (χ1v) is 9.06. The minimum Gasteiger partial charge on any atom is -0.462 e. The predicted octanol–water partition coefficient (Wildman–Crippen LogP) is 2.88. The highest BCUT2D eigenvalue weighted by Gasteiger charge is 2.31. The highest BCUT2D eigenvalue weighted by atomic mass is 32.2. The van der Waals surface area contributed by atoms with E-state index >= 15 is 0 Å². The van der Waals surface area contributed by atoms with Gasteiger partial charge in [0.15, 0.2) is 14.7 Å². The van der Waals surface area contributed by atoms with Gasteiger partial charge in [-0.15, -0.1) is 0 Å². The number of rotatable bonds is 6. The van der Waals surface area contributed by atoms with E-state index in [1.807, 2.05) is 6.92 Å². The van der Waals surface area contributed by atoms with E-state index in [0.29, 0.717) is 10.7 Å². The predicted molar refractivity (Wildman–Crippen MR) is 76.7 cm³/mol. The van der Waals surface area contributed by atoms with Crippen LogP contribution in [-0.4, -0.2) is 26.7 Å². The van der Waals surface area contributed by atoms with Crippen LogP contribution in [0.15, 0.2) is 20.0 Å². The Labute approximate surface area is 116 Å². The summed E-state index contributed by atoms with van der Waals surface area (Å²) in [6, 6.07) is 0. The summed E-state index contributed by atoms with van der Waals surface area (Å²) in [4.78, 5) is 11.6. The number of sulfone groups is 1. The van der Waals surface area contributed by atoms with Crippen LogP contribution in [0.1, 0.15) is 26.7 Å². The van der Waals surface area contributed by atoms with Crippen LogP contribution in [0.25, 0.3) is 0 Å². The topological polar surface area (TPSA) is 60.4 Å². The summed E-state index contributed by atoms with van der Waals surface area (Å²) in [5.74, 6) is -0.755. The molecule has 1 rings (SSSR count). The van der Waals surface area contributed by atoms with Crippen molar-refractivity contribution in [2.45, 2.75) is 26.7 Å². The van der Waals surface area contributed by atoms with E-state index in [0.717, 1.165) is 6.42 Å². The fraction of sp³-hybridized carbons (Fsp3) is 0.545. The molecular formula is C11H16O4S3. The molecule has 102 valence electrons. The molecule has 0 aromatic carbocycles. The number of unbranched alkanes of at least 4 members (excludes halogenated alkanes) is 1. The van der Waals surface area contributed by atoms with Crippen molar-refractivity contribution >= 4 is 39.3 Å². The molecule has 0 aromatic heterocycles. The summed E-state index contributed by atoms with van der Waals surface area (Å²) in [6.45, 7) is 3.74. The minimum atomic E-state index is -3.57. The lowest BCUT2D eigenvalue weighted by atomic mass is 10.4. The molecule has 0 atom stereocenters. The van der Waals surface area contributed by atoms with E-state index in [-0.39, 0.29) is 17.3 Å². The van der Waals surface area contributed by atoms with E-state index in [2.05, 4.69) is 0 Å². The van der Waals surface area contributed by atoms with E-state index in [1.54, 1.807) is 17.7 Å². The van der Waals surface area contributed by atoms with Crippen molar-refractivity contribution in [3.63, 3.8) is 0 Å². The lowest BCUT2D eigenvalue weighted by Crippen LogP contribution is -2.20. The molecule has 4 nitrogen and oxygen atoms in total. The quantitative estimate of drug-likeness (QED) is 0.555. The Morgan fingerprint density at radius 2 is 1.89 bits per heavy atom. The van der Waals surface area contributed by atoms with Gasteiger partial charge in [0, 0.05) is 0 Å². The van der Waals surface area contributed by atoms with Crippen molar-refractivity contribution in [3.05, 3.63) is 20.0 Å². The molecule has 0 fully saturated rings. The largest absolute Gasteiger partial charge is 0.462 e. The van der Waals surface area contributed by atoms with Crippen LogP contribution >= 0.6 is 23.5 Å². The van der Waals surface area contributed by atoms with Gasteiger partial charge < -0.3 is 4.74 Å². The van der Waals surface area contributed by atoms with Gasteiger partial charge in [-0.3, -0.25) is 0 Å².